The van der Waals surface area contributed by atoms with Crippen molar-refractivity contribution in [3.05, 3.63) is 30.6 Å². The van der Waals surface area contributed by atoms with Crippen LogP contribution in [0.3, 0.4) is 0 Å². The van der Waals surface area contributed by atoms with Gasteiger partial charge in [0.05, 0.1) is 18.9 Å². The zero-order valence-corrected chi connectivity index (χ0v) is 5.46. The van der Waals surface area contributed by atoms with Crippen LogP contribution in [0.25, 0.3) is 0 Å². The van der Waals surface area contributed by atoms with Crippen molar-refractivity contribution in [2.75, 3.05) is 7.11 Å². The maximum absolute atomic E-state index is 10.7. The molecule has 0 fully saturated rings. The summed E-state index contributed by atoms with van der Waals surface area (Å²) < 4.78 is 9.01. The lowest BCUT2D eigenvalue weighted by Gasteiger charge is -2.04. The molecular weight excluding hydrogens is 132 g/mol. The van der Waals surface area contributed by atoms with Crippen molar-refractivity contribution in [3.8, 4) is 0 Å². The van der Waals surface area contributed by atoms with Crippen molar-refractivity contribution >= 4 is 5.97 Å². The third-order valence-electron chi connectivity index (χ3n) is 0.984. The minimum absolute atomic E-state index is 0.296. The molecule has 1 heterocycles. The van der Waals surface area contributed by atoms with E-state index >= 15 is 0 Å². The molecular formula is C7H6O3. The van der Waals surface area contributed by atoms with Crippen LogP contribution in [0.1, 0.15) is 0 Å². The Bertz CT molecular complexity index is 191. The Morgan fingerprint density at radius 2 is 2.60 bits per heavy atom. The third kappa shape index (κ3) is 1.37. The molecule has 0 saturated carbocycles. The van der Waals surface area contributed by atoms with Gasteiger partial charge in [0, 0.05) is 0 Å². The first-order valence-corrected chi connectivity index (χ1v) is 2.71. The zero-order valence-electron chi connectivity index (χ0n) is 5.46. The zero-order chi connectivity index (χ0) is 7.40. The largest absolute Gasteiger partial charge is 0.480 e. The second kappa shape index (κ2) is 3.06. The summed E-state index contributed by atoms with van der Waals surface area (Å²) in [4.78, 5) is 10.7. The van der Waals surface area contributed by atoms with Gasteiger partial charge in [-0.3, -0.25) is 0 Å². The van der Waals surface area contributed by atoms with Crippen molar-refractivity contribution in [3.63, 3.8) is 0 Å². The molecule has 52 valence electrons. The van der Waals surface area contributed by atoms with E-state index in [0.29, 0.717) is 5.57 Å². The number of hydrogen-bond acceptors (Lipinski definition) is 3. The molecule has 0 bridgehead atoms. The normalized spacial score (nSPS) is 15.5. The summed E-state index contributed by atoms with van der Waals surface area (Å²) >= 11 is 0. The summed E-state index contributed by atoms with van der Waals surface area (Å²) in [5, 5.41) is 0. The van der Waals surface area contributed by atoms with E-state index in [1.165, 1.54) is 13.4 Å². The fraction of sp³-hybridized carbons (Fsp3) is 0.143. The summed E-state index contributed by atoms with van der Waals surface area (Å²) in [6.45, 7) is 2.37. The number of esters is 1. The molecule has 3 heteroatoms. The highest BCUT2D eigenvalue weighted by Gasteiger charge is 2.12. The van der Waals surface area contributed by atoms with Crippen LogP contribution in [0, 0.1) is 6.61 Å². The molecule has 1 aliphatic heterocycles. The molecule has 0 spiro atoms. The minimum Gasteiger partial charge on any atom is -0.480 e. The highest BCUT2D eigenvalue weighted by Crippen LogP contribution is 2.08. The molecule has 0 aliphatic carbocycles. The van der Waals surface area contributed by atoms with Crippen LogP contribution in [0.15, 0.2) is 24.0 Å². The Kier molecular flexibility index (Phi) is 2.10. The predicted octanol–water partition coefficient (Wildman–Crippen LogP) is 0.668. The van der Waals surface area contributed by atoms with Crippen LogP contribution < -0.4 is 0 Å². The Labute approximate surface area is 58.9 Å². The molecule has 0 N–H and O–H groups in total. The molecule has 0 aromatic heterocycles. The van der Waals surface area contributed by atoms with Gasteiger partial charge in [-0.15, -0.1) is 0 Å². The van der Waals surface area contributed by atoms with Crippen molar-refractivity contribution in [2.24, 2.45) is 0 Å². The highest BCUT2D eigenvalue weighted by atomic mass is 16.5. The fourth-order valence-electron chi connectivity index (χ4n) is 0.526. The average Bonchev–Trinajstić information content (AvgIpc) is 2.05. The van der Waals surface area contributed by atoms with Gasteiger partial charge < -0.3 is 9.47 Å². The summed E-state index contributed by atoms with van der Waals surface area (Å²) in [7, 11) is 1.31. The maximum Gasteiger partial charge on any atom is 0.338 e. The quantitative estimate of drug-likeness (QED) is 0.499. The predicted molar refractivity (Wildman–Crippen MR) is 33.6 cm³/mol. The molecule has 10 heavy (non-hydrogen) atoms. The number of rotatable bonds is 1. The van der Waals surface area contributed by atoms with E-state index in [2.05, 4.69) is 16.1 Å². The summed E-state index contributed by atoms with van der Waals surface area (Å²) in [5.74, 6) is -0.440. The fourth-order valence-corrected chi connectivity index (χ4v) is 0.526. The number of carbonyl (C=O) groups excluding carboxylic acids is 1. The molecule has 0 unspecified atom stereocenters. The smallest absolute Gasteiger partial charge is 0.338 e. The summed E-state index contributed by atoms with van der Waals surface area (Å²) in [6, 6.07) is 0. The summed E-state index contributed by atoms with van der Waals surface area (Å²) in [6.07, 6.45) is 4.59. The molecule has 1 aliphatic rings. The van der Waals surface area contributed by atoms with Crippen LogP contribution >= 0.6 is 0 Å². The second-order valence-corrected chi connectivity index (χ2v) is 1.62. The van der Waals surface area contributed by atoms with Crippen LogP contribution in [0.4, 0.5) is 0 Å². The summed E-state index contributed by atoms with van der Waals surface area (Å²) in [5.41, 5.74) is 0.296. The van der Waals surface area contributed by atoms with E-state index in [1.807, 2.05) is 0 Å². The molecule has 0 amide bonds. The van der Waals surface area contributed by atoms with Crippen molar-refractivity contribution in [2.45, 2.75) is 0 Å². The van der Waals surface area contributed by atoms with Crippen LogP contribution in [-0.4, -0.2) is 13.1 Å². The third-order valence-corrected chi connectivity index (χ3v) is 0.984. The lowest BCUT2D eigenvalue weighted by Crippen LogP contribution is -2.07. The highest BCUT2D eigenvalue weighted by molar-refractivity contribution is 5.90. The maximum atomic E-state index is 10.7. The number of ether oxygens (including phenoxy) is 2. The number of hydrogen-bond donors (Lipinski definition) is 0. The van der Waals surface area contributed by atoms with Gasteiger partial charge in [0.1, 0.15) is 0 Å². The standard InChI is InChI=1S/C7H6O3/c1-9-7(8)6-3-2-4-10-5-6/h2-4H,1H3. The van der Waals surface area contributed by atoms with Gasteiger partial charge >= 0.3 is 5.97 Å². The van der Waals surface area contributed by atoms with E-state index in [-0.39, 0.29) is 0 Å². The number of methoxy groups -OCH3 is 1. The Morgan fingerprint density at radius 3 is 3.10 bits per heavy atom. The van der Waals surface area contributed by atoms with Gasteiger partial charge in [-0.25, -0.2) is 4.79 Å². The molecule has 0 aromatic carbocycles. The van der Waals surface area contributed by atoms with Gasteiger partial charge in [0.15, 0.2) is 0 Å². The van der Waals surface area contributed by atoms with Crippen molar-refractivity contribution in [1.29, 1.82) is 0 Å². The molecule has 1 rings (SSSR count). The molecule has 0 aromatic rings. The van der Waals surface area contributed by atoms with E-state index < -0.39 is 5.97 Å². The van der Waals surface area contributed by atoms with Gasteiger partial charge in [-0.05, 0) is 12.2 Å². The molecule has 0 saturated heterocycles. The first kappa shape index (κ1) is 6.86. The van der Waals surface area contributed by atoms with E-state index in [9.17, 15) is 4.79 Å². The van der Waals surface area contributed by atoms with Crippen LogP contribution in [0.2, 0.25) is 0 Å². The molecule has 3 nitrogen and oxygen atoms in total. The Balaban J connectivity index is 2.62. The first-order chi connectivity index (χ1) is 4.84. The van der Waals surface area contributed by atoms with Crippen LogP contribution in [-0.2, 0) is 14.3 Å². The monoisotopic (exact) mass is 138 g/mol. The Morgan fingerprint density at radius 1 is 1.80 bits per heavy atom. The van der Waals surface area contributed by atoms with E-state index in [1.54, 1.807) is 12.2 Å². The number of carbonyl (C=O) groups is 1. The van der Waals surface area contributed by atoms with E-state index in [4.69, 9.17) is 0 Å². The van der Waals surface area contributed by atoms with Gasteiger partial charge in [-0.1, -0.05) is 0 Å². The molecule has 0 atom stereocenters. The lowest BCUT2D eigenvalue weighted by molar-refractivity contribution is -0.136. The van der Waals surface area contributed by atoms with Crippen molar-refractivity contribution in [1.82, 2.24) is 0 Å². The molecule has 2 radical (unpaired) electrons. The van der Waals surface area contributed by atoms with Gasteiger partial charge in [0.25, 0.3) is 0 Å². The SMILES string of the molecule is COC(=O)C1=CC=CO[C]1. The lowest BCUT2D eigenvalue weighted by atomic mass is 10.2. The Hall–Kier alpha value is -1.25. The van der Waals surface area contributed by atoms with Gasteiger partial charge in [-0.2, -0.15) is 0 Å². The minimum atomic E-state index is -0.440. The van der Waals surface area contributed by atoms with Crippen molar-refractivity contribution < 1.29 is 14.3 Å². The second-order valence-electron chi connectivity index (χ2n) is 1.62. The number of allylic oxidation sites excluding steroid dienone is 2. The van der Waals surface area contributed by atoms with Crippen LogP contribution in [0.5, 0.6) is 0 Å². The topological polar surface area (TPSA) is 35.5 Å². The van der Waals surface area contributed by atoms with Gasteiger partial charge in [0.2, 0.25) is 6.61 Å². The first-order valence-electron chi connectivity index (χ1n) is 2.71. The average molecular weight is 138 g/mol. The van der Waals surface area contributed by atoms with E-state index in [0.717, 1.165) is 0 Å².